The molecule has 0 N–H and O–H groups in total. The van der Waals surface area contributed by atoms with E-state index in [9.17, 15) is 9.18 Å². The van der Waals surface area contributed by atoms with Gasteiger partial charge in [-0.15, -0.1) is 11.8 Å². The first-order valence-corrected chi connectivity index (χ1v) is 11.4. The van der Waals surface area contributed by atoms with Crippen LogP contribution in [0.15, 0.2) is 78.0 Å². The van der Waals surface area contributed by atoms with Crippen LogP contribution in [-0.4, -0.2) is 21.6 Å². The van der Waals surface area contributed by atoms with Crippen LogP contribution in [-0.2, 0) is 11.3 Å². The number of hydrogen-bond donors (Lipinski definition) is 0. The zero-order chi connectivity index (χ0) is 20.8. The molecule has 4 rings (SSSR count). The van der Waals surface area contributed by atoms with Crippen LogP contribution in [0.3, 0.4) is 0 Å². The average molecular weight is 438 g/mol. The third-order valence-corrected chi connectivity index (χ3v) is 6.64. The van der Waals surface area contributed by atoms with Crippen molar-refractivity contribution < 1.29 is 9.18 Å². The summed E-state index contributed by atoms with van der Waals surface area (Å²) in [6.45, 7) is 0.361. The van der Waals surface area contributed by atoms with Crippen molar-refractivity contribution >= 4 is 44.4 Å². The van der Waals surface area contributed by atoms with Crippen molar-refractivity contribution in [2.24, 2.45) is 0 Å². The Hall–Kier alpha value is -2.77. The van der Waals surface area contributed by atoms with Gasteiger partial charge in [0.1, 0.15) is 11.3 Å². The minimum atomic E-state index is -0.372. The standard InChI is InChI=1S/C23H20FN3OS2/c24-19-10-4-11-20-22(19)26-23(30-20)27(16-17-7-5-13-25-15-17)21(28)12-6-14-29-18-8-2-1-3-9-18/h1-5,7-11,13,15H,6,12,14,16H2. The van der Waals surface area contributed by atoms with E-state index in [2.05, 4.69) is 22.1 Å². The molecule has 152 valence electrons. The van der Waals surface area contributed by atoms with Gasteiger partial charge in [-0.3, -0.25) is 14.7 Å². The van der Waals surface area contributed by atoms with Crippen LogP contribution in [0.2, 0.25) is 0 Å². The SMILES string of the molecule is O=C(CCCSc1ccccc1)N(Cc1cccnc1)c1nc2c(F)cccc2s1. The minimum Gasteiger partial charge on any atom is -0.284 e. The number of amides is 1. The number of pyridine rings is 1. The van der Waals surface area contributed by atoms with Crippen molar-refractivity contribution in [3.8, 4) is 0 Å². The summed E-state index contributed by atoms with van der Waals surface area (Å²) in [5, 5.41) is 0.514. The van der Waals surface area contributed by atoms with Gasteiger partial charge in [0.15, 0.2) is 5.13 Å². The van der Waals surface area contributed by atoms with Crippen molar-refractivity contribution in [1.29, 1.82) is 0 Å². The number of carbonyl (C=O) groups excluding carboxylic acids is 1. The molecule has 0 spiro atoms. The predicted octanol–water partition coefficient (Wildman–Crippen LogP) is 5.94. The first kappa shape index (κ1) is 20.5. The number of thioether (sulfide) groups is 1. The summed E-state index contributed by atoms with van der Waals surface area (Å²) in [4.78, 5) is 24.5. The third-order valence-electron chi connectivity index (χ3n) is 4.50. The number of rotatable bonds is 8. The lowest BCUT2D eigenvalue weighted by atomic mass is 10.2. The lowest BCUT2D eigenvalue weighted by Crippen LogP contribution is -2.30. The van der Waals surface area contributed by atoms with Crippen LogP contribution < -0.4 is 4.90 Å². The number of benzene rings is 2. The Kier molecular flexibility index (Phi) is 6.71. The van der Waals surface area contributed by atoms with Crippen molar-refractivity contribution in [1.82, 2.24) is 9.97 Å². The van der Waals surface area contributed by atoms with E-state index < -0.39 is 0 Å². The molecular formula is C23H20FN3OS2. The molecule has 4 aromatic rings. The quantitative estimate of drug-likeness (QED) is 0.253. The Morgan fingerprint density at radius 3 is 2.70 bits per heavy atom. The molecular weight excluding hydrogens is 417 g/mol. The van der Waals surface area contributed by atoms with Crippen LogP contribution >= 0.6 is 23.1 Å². The molecule has 0 atom stereocenters. The molecule has 2 heterocycles. The highest BCUT2D eigenvalue weighted by atomic mass is 32.2. The molecule has 0 radical (unpaired) electrons. The highest BCUT2D eigenvalue weighted by Gasteiger charge is 2.21. The molecule has 30 heavy (non-hydrogen) atoms. The van der Waals surface area contributed by atoms with Gasteiger partial charge in [-0.1, -0.05) is 41.7 Å². The minimum absolute atomic E-state index is 0.0213. The summed E-state index contributed by atoms with van der Waals surface area (Å²) >= 11 is 3.07. The zero-order valence-corrected chi connectivity index (χ0v) is 17.8. The predicted molar refractivity (Wildman–Crippen MR) is 121 cm³/mol. The number of para-hydroxylation sites is 1. The Bertz CT molecular complexity index is 1120. The van der Waals surface area contributed by atoms with E-state index in [1.165, 1.54) is 22.3 Å². The average Bonchev–Trinajstić information content (AvgIpc) is 3.22. The molecule has 0 saturated carbocycles. The van der Waals surface area contributed by atoms with Crippen molar-refractivity contribution in [2.45, 2.75) is 24.3 Å². The monoisotopic (exact) mass is 437 g/mol. The van der Waals surface area contributed by atoms with Crippen LogP contribution in [0.25, 0.3) is 10.2 Å². The van der Waals surface area contributed by atoms with Gasteiger partial charge in [-0.25, -0.2) is 9.37 Å². The first-order chi connectivity index (χ1) is 14.7. The van der Waals surface area contributed by atoms with Gasteiger partial charge >= 0.3 is 0 Å². The van der Waals surface area contributed by atoms with Crippen molar-refractivity contribution in [2.75, 3.05) is 10.7 Å². The van der Waals surface area contributed by atoms with Gasteiger partial charge in [0.25, 0.3) is 0 Å². The van der Waals surface area contributed by atoms with Gasteiger partial charge in [0, 0.05) is 23.7 Å². The van der Waals surface area contributed by atoms with E-state index in [-0.39, 0.29) is 11.7 Å². The molecule has 7 heteroatoms. The molecule has 0 saturated heterocycles. The first-order valence-electron chi connectivity index (χ1n) is 9.63. The summed E-state index contributed by atoms with van der Waals surface area (Å²) in [6, 6.07) is 18.8. The number of hydrogen-bond acceptors (Lipinski definition) is 5. The smallest absolute Gasteiger partial charge is 0.229 e. The number of halogens is 1. The fourth-order valence-corrected chi connectivity index (χ4v) is 4.89. The van der Waals surface area contributed by atoms with E-state index >= 15 is 0 Å². The van der Waals surface area contributed by atoms with E-state index in [1.54, 1.807) is 35.1 Å². The lowest BCUT2D eigenvalue weighted by molar-refractivity contribution is -0.118. The highest BCUT2D eigenvalue weighted by molar-refractivity contribution is 7.99. The number of anilines is 1. The summed E-state index contributed by atoms with van der Waals surface area (Å²) in [7, 11) is 0. The van der Waals surface area contributed by atoms with E-state index in [1.807, 2.05) is 36.4 Å². The summed E-state index contributed by atoms with van der Waals surface area (Å²) < 4.78 is 14.9. The Morgan fingerprint density at radius 1 is 1.07 bits per heavy atom. The molecule has 0 fully saturated rings. The Labute approximate surface area is 182 Å². The van der Waals surface area contributed by atoms with Crippen molar-refractivity contribution in [3.05, 3.63) is 84.4 Å². The van der Waals surface area contributed by atoms with Gasteiger partial charge in [0.2, 0.25) is 5.91 Å². The van der Waals surface area contributed by atoms with Gasteiger partial charge < -0.3 is 0 Å². The second kappa shape index (κ2) is 9.82. The Morgan fingerprint density at radius 2 is 1.93 bits per heavy atom. The maximum Gasteiger partial charge on any atom is 0.229 e. The molecule has 0 aliphatic rings. The molecule has 1 amide bonds. The summed E-state index contributed by atoms with van der Waals surface area (Å²) in [5.74, 6) is 0.459. The second-order valence-corrected chi connectivity index (χ2v) is 8.87. The number of fused-ring (bicyclic) bond motifs is 1. The normalized spacial score (nSPS) is 11.0. The van der Waals surface area contributed by atoms with E-state index in [0.29, 0.717) is 23.6 Å². The number of carbonyl (C=O) groups is 1. The molecule has 0 aliphatic heterocycles. The zero-order valence-electron chi connectivity index (χ0n) is 16.2. The van der Waals surface area contributed by atoms with Gasteiger partial charge in [-0.05, 0) is 48.1 Å². The van der Waals surface area contributed by atoms with E-state index in [4.69, 9.17) is 0 Å². The van der Waals surface area contributed by atoms with Crippen LogP contribution in [0, 0.1) is 5.82 Å². The van der Waals surface area contributed by atoms with E-state index in [0.717, 1.165) is 22.4 Å². The molecule has 4 nitrogen and oxygen atoms in total. The van der Waals surface area contributed by atoms with Crippen LogP contribution in [0.1, 0.15) is 18.4 Å². The maximum absolute atomic E-state index is 14.1. The third kappa shape index (κ3) is 5.04. The van der Waals surface area contributed by atoms with Gasteiger partial charge in [0.05, 0.1) is 11.2 Å². The van der Waals surface area contributed by atoms with Gasteiger partial charge in [-0.2, -0.15) is 0 Å². The number of nitrogens with zero attached hydrogens (tertiary/aromatic N) is 3. The largest absolute Gasteiger partial charge is 0.284 e. The fourth-order valence-electron chi connectivity index (χ4n) is 3.02. The fraction of sp³-hybridized carbons (Fsp3) is 0.174. The summed E-state index contributed by atoms with van der Waals surface area (Å²) in [5.41, 5.74) is 1.21. The molecule has 2 aromatic carbocycles. The Balaban J connectivity index is 1.49. The molecule has 0 bridgehead atoms. The lowest BCUT2D eigenvalue weighted by Gasteiger charge is -2.20. The maximum atomic E-state index is 14.1. The van der Waals surface area contributed by atoms with Crippen LogP contribution in [0.5, 0.6) is 0 Å². The highest BCUT2D eigenvalue weighted by Crippen LogP contribution is 2.31. The van der Waals surface area contributed by atoms with Crippen LogP contribution in [0.4, 0.5) is 9.52 Å². The van der Waals surface area contributed by atoms with Crippen molar-refractivity contribution in [3.63, 3.8) is 0 Å². The second-order valence-electron chi connectivity index (χ2n) is 6.69. The topological polar surface area (TPSA) is 46.1 Å². The molecule has 2 aromatic heterocycles. The number of aromatic nitrogens is 2. The summed E-state index contributed by atoms with van der Waals surface area (Å²) in [6.07, 6.45) is 4.59. The number of thiazole rings is 1. The molecule has 0 unspecified atom stereocenters. The molecule has 0 aliphatic carbocycles.